The van der Waals surface area contributed by atoms with E-state index in [1.54, 1.807) is 24.3 Å². The highest BCUT2D eigenvalue weighted by Crippen LogP contribution is 2.64. The van der Waals surface area contributed by atoms with Gasteiger partial charge in [-0.3, -0.25) is 14.4 Å². The third-order valence-corrected chi connectivity index (χ3v) is 8.98. The maximum Gasteiger partial charge on any atom is 0.246 e. The minimum Gasteiger partial charge on any atom is -0.494 e. The summed E-state index contributed by atoms with van der Waals surface area (Å²) < 4.78 is 12.2. The molecule has 0 saturated carbocycles. The number of hydrogen-bond acceptors (Lipinski definition) is 6. The van der Waals surface area contributed by atoms with Crippen molar-refractivity contribution in [2.24, 2.45) is 11.8 Å². The van der Waals surface area contributed by atoms with Gasteiger partial charge in [0, 0.05) is 11.7 Å². The third-order valence-electron chi connectivity index (χ3n) is 8.98. The molecule has 2 aromatic carbocycles. The average molecular weight is 564 g/mol. The summed E-state index contributed by atoms with van der Waals surface area (Å²) in [6, 6.07) is 14.5. The number of likely N-dealkylation sites (tertiary alicyclic amines) is 1. The van der Waals surface area contributed by atoms with Crippen LogP contribution in [0.25, 0.3) is 0 Å². The van der Waals surface area contributed by atoms with E-state index in [2.05, 4.69) is 17.6 Å². The van der Waals surface area contributed by atoms with Gasteiger partial charge in [-0.1, -0.05) is 43.7 Å². The number of ether oxygens (including phenoxy) is 2. The van der Waals surface area contributed by atoms with Gasteiger partial charge in [-0.15, -0.1) is 0 Å². The second-order valence-electron chi connectivity index (χ2n) is 11.7. The van der Waals surface area contributed by atoms with Crippen molar-refractivity contribution in [1.29, 1.82) is 0 Å². The molecule has 5 rings (SSSR count). The van der Waals surface area contributed by atoms with Crippen molar-refractivity contribution >= 4 is 23.4 Å². The summed E-state index contributed by atoms with van der Waals surface area (Å²) in [7, 11) is 0. The first kappa shape index (κ1) is 29.1. The SMILES string of the molecule is CCCC(C)NC(=O)C1N([C@H](CO)c2ccccc2)C(=O)[C@@H]2[C@@H](C(=O)Nc3ccc(OCC)cc3)[C@@]3(C)CCC12O3. The van der Waals surface area contributed by atoms with E-state index in [4.69, 9.17) is 9.47 Å². The number of aliphatic hydroxyl groups is 1. The molecule has 3 unspecified atom stereocenters. The molecule has 0 aromatic heterocycles. The van der Waals surface area contributed by atoms with Crippen LogP contribution < -0.4 is 15.4 Å². The molecule has 2 bridgehead atoms. The summed E-state index contributed by atoms with van der Waals surface area (Å²) in [6.07, 6.45) is 2.69. The first-order valence-electron chi connectivity index (χ1n) is 14.7. The number of hydrogen-bond donors (Lipinski definition) is 3. The largest absolute Gasteiger partial charge is 0.494 e. The molecule has 220 valence electrons. The highest BCUT2D eigenvalue weighted by Gasteiger charge is 2.78. The van der Waals surface area contributed by atoms with Crippen molar-refractivity contribution in [3.05, 3.63) is 60.2 Å². The van der Waals surface area contributed by atoms with E-state index in [-0.39, 0.29) is 30.4 Å². The lowest BCUT2D eigenvalue weighted by Gasteiger charge is -2.37. The standard InChI is InChI=1S/C32H41N3O6/c1-5-10-20(3)33-29(38)27-32-18-17-31(4,41-32)25(28(37)34-22-13-15-23(16-14-22)40-6-2)26(32)30(39)35(27)24(19-36)21-11-8-7-9-12-21/h7-9,11-16,20,24-27,36H,5-6,10,17-19H2,1-4H3,(H,33,38)(H,34,37)/t20?,24-,25+,26+,27?,31-,32?/m1/s1. The Bertz CT molecular complexity index is 1270. The number of nitrogens with one attached hydrogen (secondary N) is 2. The summed E-state index contributed by atoms with van der Waals surface area (Å²) in [6.45, 7) is 7.94. The maximum absolute atomic E-state index is 14.5. The number of amides is 3. The monoisotopic (exact) mass is 563 g/mol. The molecule has 3 aliphatic heterocycles. The Morgan fingerprint density at radius 3 is 2.44 bits per heavy atom. The van der Waals surface area contributed by atoms with E-state index in [0.29, 0.717) is 30.9 Å². The summed E-state index contributed by atoms with van der Waals surface area (Å²) in [5.41, 5.74) is -0.779. The second kappa shape index (κ2) is 11.4. The number of anilines is 1. The molecule has 2 aromatic rings. The maximum atomic E-state index is 14.5. The third kappa shape index (κ3) is 4.99. The van der Waals surface area contributed by atoms with Gasteiger partial charge in [0.25, 0.3) is 0 Å². The summed E-state index contributed by atoms with van der Waals surface area (Å²) in [5.74, 6) is -1.95. The van der Waals surface area contributed by atoms with Crippen LogP contribution in [0.4, 0.5) is 5.69 Å². The molecule has 3 N–H and O–H groups in total. The van der Waals surface area contributed by atoms with Crippen LogP contribution in [0.5, 0.6) is 5.75 Å². The predicted molar refractivity (Wildman–Crippen MR) is 154 cm³/mol. The molecule has 9 nitrogen and oxygen atoms in total. The number of aliphatic hydroxyl groups excluding tert-OH is 1. The summed E-state index contributed by atoms with van der Waals surface area (Å²) in [5, 5.41) is 16.7. The second-order valence-corrected chi connectivity index (χ2v) is 11.7. The smallest absolute Gasteiger partial charge is 0.246 e. The number of benzene rings is 2. The zero-order valence-corrected chi connectivity index (χ0v) is 24.3. The summed E-state index contributed by atoms with van der Waals surface area (Å²) in [4.78, 5) is 43.9. The van der Waals surface area contributed by atoms with Crippen LogP contribution in [0, 0.1) is 11.8 Å². The molecule has 9 heteroatoms. The van der Waals surface area contributed by atoms with Gasteiger partial charge >= 0.3 is 0 Å². The molecule has 3 heterocycles. The molecule has 3 saturated heterocycles. The van der Waals surface area contributed by atoms with Crippen molar-refractivity contribution in [1.82, 2.24) is 10.2 Å². The quantitative estimate of drug-likeness (QED) is 0.383. The van der Waals surface area contributed by atoms with Gasteiger partial charge in [-0.2, -0.15) is 0 Å². The van der Waals surface area contributed by atoms with E-state index in [9.17, 15) is 19.5 Å². The van der Waals surface area contributed by atoms with Crippen LogP contribution in [0.3, 0.4) is 0 Å². The minimum absolute atomic E-state index is 0.0999. The molecule has 7 atom stereocenters. The molecule has 3 amide bonds. The average Bonchev–Trinajstić information content (AvgIpc) is 3.52. The van der Waals surface area contributed by atoms with Gasteiger partial charge in [0.1, 0.15) is 17.4 Å². The van der Waals surface area contributed by atoms with Crippen molar-refractivity contribution in [3.63, 3.8) is 0 Å². The lowest BCUT2D eigenvalue weighted by atomic mass is 9.66. The Morgan fingerprint density at radius 1 is 1.10 bits per heavy atom. The Balaban J connectivity index is 1.52. The van der Waals surface area contributed by atoms with Gasteiger partial charge in [-0.25, -0.2) is 0 Å². The van der Waals surface area contributed by atoms with Crippen molar-refractivity contribution in [3.8, 4) is 5.75 Å². The zero-order valence-electron chi connectivity index (χ0n) is 24.3. The van der Waals surface area contributed by atoms with E-state index in [0.717, 1.165) is 18.4 Å². The zero-order chi connectivity index (χ0) is 29.4. The van der Waals surface area contributed by atoms with Crippen molar-refractivity contribution in [2.45, 2.75) is 82.7 Å². The molecule has 41 heavy (non-hydrogen) atoms. The fourth-order valence-electron chi connectivity index (χ4n) is 7.28. The van der Waals surface area contributed by atoms with Gasteiger partial charge in [-0.05, 0) is 69.9 Å². The number of fused-ring (bicyclic) bond motifs is 1. The van der Waals surface area contributed by atoms with Crippen LogP contribution in [-0.4, -0.2) is 64.2 Å². The van der Waals surface area contributed by atoms with Gasteiger partial charge in [0.05, 0.1) is 36.7 Å². The Hall–Kier alpha value is -3.43. The number of nitrogens with zero attached hydrogens (tertiary/aromatic N) is 1. The first-order chi connectivity index (χ1) is 19.7. The van der Waals surface area contributed by atoms with E-state index >= 15 is 0 Å². The molecule has 1 spiro atoms. The topological polar surface area (TPSA) is 117 Å². The highest BCUT2D eigenvalue weighted by molar-refractivity contribution is 6.02. The molecule has 0 aliphatic carbocycles. The Kier molecular flexibility index (Phi) is 8.12. The van der Waals surface area contributed by atoms with Gasteiger partial charge < -0.3 is 30.1 Å². The molecular formula is C32H41N3O6. The van der Waals surface area contributed by atoms with Crippen LogP contribution in [0.2, 0.25) is 0 Å². The normalized spacial score (nSPS) is 29.6. The van der Waals surface area contributed by atoms with E-state index in [1.165, 1.54) is 4.90 Å². The van der Waals surface area contributed by atoms with Crippen LogP contribution in [-0.2, 0) is 19.1 Å². The van der Waals surface area contributed by atoms with E-state index < -0.39 is 35.1 Å². The van der Waals surface area contributed by atoms with Crippen LogP contribution in [0.15, 0.2) is 54.6 Å². The highest BCUT2D eigenvalue weighted by atomic mass is 16.5. The molecule has 3 aliphatic rings. The number of rotatable bonds is 11. The van der Waals surface area contributed by atoms with Gasteiger partial charge in [0.2, 0.25) is 17.7 Å². The fourth-order valence-corrected chi connectivity index (χ4v) is 7.28. The number of carbonyl (C=O) groups excluding carboxylic acids is 3. The fraction of sp³-hybridized carbons (Fsp3) is 0.531. The van der Waals surface area contributed by atoms with Crippen molar-refractivity contribution in [2.75, 3.05) is 18.5 Å². The summed E-state index contributed by atoms with van der Waals surface area (Å²) >= 11 is 0. The molecule has 0 radical (unpaired) electrons. The van der Waals surface area contributed by atoms with Gasteiger partial charge in [0.15, 0.2) is 0 Å². The lowest BCUT2D eigenvalue weighted by molar-refractivity contribution is -0.149. The van der Waals surface area contributed by atoms with Crippen LogP contribution >= 0.6 is 0 Å². The van der Waals surface area contributed by atoms with Crippen molar-refractivity contribution < 1.29 is 29.0 Å². The Labute approximate surface area is 241 Å². The van der Waals surface area contributed by atoms with Crippen LogP contribution in [0.1, 0.15) is 65.0 Å². The molecule has 3 fully saturated rings. The van der Waals surface area contributed by atoms with E-state index in [1.807, 2.05) is 51.1 Å². The predicted octanol–water partition coefficient (Wildman–Crippen LogP) is 3.83. The first-order valence-corrected chi connectivity index (χ1v) is 14.7. The number of carbonyl (C=O) groups is 3. The lowest BCUT2D eigenvalue weighted by Crippen LogP contribution is -2.57. The minimum atomic E-state index is -1.18. The molecular weight excluding hydrogens is 522 g/mol. The Morgan fingerprint density at radius 2 is 1.80 bits per heavy atom.